The van der Waals surface area contributed by atoms with Crippen LogP contribution in [0.5, 0.6) is 0 Å². The number of carbonyl (C=O) groups excluding carboxylic acids is 1. The average molecular weight is 268 g/mol. The normalized spacial score (nSPS) is 9.60. The maximum Gasteiger partial charge on any atom is 0.252 e. The van der Waals surface area contributed by atoms with Crippen LogP contribution in [0.3, 0.4) is 0 Å². The number of nitrogens with zero attached hydrogens (tertiary/aromatic N) is 5. The molecule has 0 saturated heterocycles. The lowest BCUT2D eigenvalue weighted by Gasteiger charge is -2.04. The molecule has 2 aromatic heterocycles. The smallest absolute Gasteiger partial charge is 0.252 e. The topological polar surface area (TPSA) is 104 Å². The third-order valence-electron chi connectivity index (χ3n) is 2.51. The van der Waals surface area contributed by atoms with E-state index in [1.54, 1.807) is 18.3 Å². The number of nitrogens with one attached hydrogen (secondary N) is 1. The molecule has 0 aliphatic carbocycles. The molecule has 0 radical (unpaired) electrons. The first-order valence-corrected chi connectivity index (χ1v) is 5.98. The second kappa shape index (κ2) is 6.86. The first kappa shape index (κ1) is 13.5. The van der Waals surface area contributed by atoms with E-state index in [4.69, 9.17) is 5.53 Å². The Morgan fingerprint density at radius 2 is 2.10 bits per heavy atom. The van der Waals surface area contributed by atoms with E-state index in [-0.39, 0.29) is 12.5 Å². The molecule has 20 heavy (non-hydrogen) atoms. The van der Waals surface area contributed by atoms with Crippen LogP contribution in [0.1, 0.15) is 10.4 Å². The number of carbonyl (C=O) groups is 1. The first-order chi connectivity index (χ1) is 9.81. The zero-order valence-electron chi connectivity index (χ0n) is 10.6. The molecule has 0 fully saturated rings. The molecule has 0 unspecified atom stereocenters. The molecular weight excluding hydrogens is 256 g/mol. The van der Waals surface area contributed by atoms with Gasteiger partial charge in [0.1, 0.15) is 0 Å². The number of azide groups is 1. The molecule has 1 N–H and O–H groups in total. The van der Waals surface area contributed by atoms with Gasteiger partial charge in [0.2, 0.25) is 0 Å². The minimum atomic E-state index is -0.252. The van der Waals surface area contributed by atoms with Crippen molar-refractivity contribution in [2.75, 3.05) is 13.1 Å². The van der Waals surface area contributed by atoms with E-state index in [2.05, 4.69) is 25.3 Å². The quantitative estimate of drug-likeness (QED) is 0.389. The van der Waals surface area contributed by atoms with Gasteiger partial charge in [0.15, 0.2) is 0 Å². The highest BCUT2D eigenvalue weighted by Crippen LogP contribution is 2.13. The average Bonchev–Trinajstić information content (AvgIpc) is 2.52. The van der Waals surface area contributed by atoms with E-state index < -0.39 is 0 Å². The molecule has 0 aliphatic rings. The maximum absolute atomic E-state index is 11.8. The Bertz CT molecular complexity index is 619. The van der Waals surface area contributed by atoms with Crippen molar-refractivity contribution >= 4 is 5.91 Å². The van der Waals surface area contributed by atoms with Crippen molar-refractivity contribution in [3.05, 3.63) is 58.7 Å². The van der Waals surface area contributed by atoms with Crippen molar-refractivity contribution in [1.82, 2.24) is 15.3 Å². The Morgan fingerprint density at radius 1 is 1.25 bits per heavy atom. The molecule has 0 bridgehead atoms. The van der Waals surface area contributed by atoms with Crippen LogP contribution in [-0.2, 0) is 0 Å². The van der Waals surface area contributed by atoms with Gasteiger partial charge in [0.25, 0.3) is 5.91 Å². The van der Waals surface area contributed by atoms with Crippen LogP contribution in [0.15, 0.2) is 47.8 Å². The van der Waals surface area contributed by atoms with Crippen LogP contribution in [0, 0.1) is 0 Å². The summed E-state index contributed by atoms with van der Waals surface area (Å²) in [6.07, 6.45) is 3.18. The number of hydrogen-bond donors (Lipinski definition) is 1. The SMILES string of the molecule is [N-]=[N+]=NCCNC(=O)c1ccc(-c2ccccn2)nc1. The predicted molar refractivity (Wildman–Crippen MR) is 73.8 cm³/mol. The fourth-order valence-corrected chi connectivity index (χ4v) is 1.56. The molecule has 0 spiro atoms. The van der Waals surface area contributed by atoms with Gasteiger partial charge in [0, 0.05) is 30.4 Å². The van der Waals surface area contributed by atoms with Gasteiger partial charge >= 0.3 is 0 Å². The van der Waals surface area contributed by atoms with E-state index in [9.17, 15) is 4.79 Å². The van der Waals surface area contributed by atoms with Gasteiger partial charge in [-0.25, -0.2) is 0 Å². The fraction of sp³-hybridized carbons (Fsp3) is 0.154. The largest absolute Gasteiger partial charge is 0.352 e. The lowest BCUT2D eigenvalue weighted by molar-refractivity contribution is 0.0954. The van der Waals surface area contributed by atoms with Gasteiger partial charge in [-0.1, -0.05) is 11.2 Å². The molecule has 7 nitrogen and oxygen atoms in total. The van der Waals surface area contributed by atoms with Crippen molar-refractivity contribution in [2.24, 2.45) is 5.11 Å². The van der Waals surface area contributed by atoms with Crippen LogP contribution >= 0.6 is 0 Å². The molecule has 7 heteroatoms. The molecule has 2 rings (SSSR count). The van der Waals surface area contributed by atoms with Crippen molar-refractivity contribution < 1.29 is 4.79 Å². The third-order valence-corrected chi connectivity index (χ3v) is 2.51. The summed E-state index contributed by atoms with van der Waals surface area (Å²) in [5.41, 5.74) is 10.0. The maximum atomic E-state index is 11.8. The Morgan fingerprint density at radius 3 is 2.75 bits per heavy atom. The van der Waals surface area contributed by atoms with Crippen molar-refractivity contribution in [1.29, 1.82) is 0 Å². The van der Waals surface area contributed by atoms with E-state index in [1.807, 2.05) is 18.2 Å². The highest BCUT2D eigenvalue weighted by Gasteiger charge is 2.06. The summed E-state index contributed by atoms with van der Waals surface area (Å²) in [6, 6.07) is 8.97. The Labute approximate surface area is 115 Å². The standard InChI is InChI=1S/C13H12N6O/c14-19-18-8-7-16-13(20)10-4-5-12(17-9-10)11-3-1-2-6-15-11/h1-6,9H,7-8H2,(H,16,20). The van der Waals surface area contributed by atoms with Gasteiger partial charge in [-0.15, -0.1) is 0 Å². The van der Waals surface area contributed by atoms with E-state index in [0.717, 1.165) is 5.69 Å². The molecule has 0 aromatic carbocycles. The number of pyridine rings is 2. The van der Waals surface area contributed by atoms with E-state index >= 15 is 0 Å². The first-order valence-electron chi connectivity index (χ1n) is 5.98. The minimum Gasteiger partial charge on any atom is -0.352 e. The highest BCUT2D eigenvalue weighted by atomic mass is 16.1. The van der Waals surface area contributed by atoms with Gasteiger partial charge in [-0.2, -0.15) is 0 Å². The molecule has 2 heterocycles. The second-order valence-corrected chi connectivity index (χ2v) is 3.86. The predicted octanol–water partition coefficient (Wildman–Crippen LogP) is 2.18. The summed E-state index contributed by atoms with van der Waals surface area (Å²) in [5, 5.41) is 5.97. The summed E-state index contributed by atoms with van der Waals surface area (Å²) in [4.78, 5) is 22.8. The lowest BCUT2D eigenvalue weighted by Crippen LogP contribution is -2.25. The van der Waals surface area contributed by atoms with Crippen LogP contribution in [0.4, 0.5) is 0 Å². The lowest BCUT2D eigenvalue weighted by atomic mass is 10.2. The van der Waals surface area contributed by atoms with Gasteiger partial charge in [-0.05, 0) is 29.8 Å². The van der Waals surface area contributed by atoms with Crippen molar-refractivity contribution in [2.45, 2.75) is 0 Å². The van der Waals surface area contributed by atoms with Crippen LogP contribution in [0.2, 0.25) is 0 Å². The highest BCUT2D eigenvalue weighted by molar-refractivity contribution is 5.94. The second-order valence-electron chi connectivity index (χ2n) is 3.86. The number of amides is 1. The zero-order valence-corrected chi connectivity index (χ0v) is 10.6. The van der Waals surface area contributed by atoms with Crippen molar-refractivity contribution in [3.8, 4) is 11.4 Å². The zero-order chi connectivity index (χ0) is 14.2. The minimum absolute atomic E-state index is 0.224. The summed E-state index contributed by atoms with van der Waals surface area (Å²) in [5.74, 6) is -0.252. The molecule has 0 aliphatic heterocycles. The third kappa shape index (κ3) is 3.54. The Balaban J connectivity index is 2.01. The fourth-order valence-electron chi connectivity index (χ4n) is 1.56. The molecule has 0 saturated carbocycles. The van der Waals surface area contributed by atoms with Gasteiger partial charge in [0.05, 0.1) is 17.0 Å². The summed E-state index contributed by atoms with van der Waals surface area (Å²) < 4.78 is 0. The van der Waals surface area contributed by atoms with Gasteiger partial charge in [-0.3, -0.25) is 14.8 Å². The van der Waals surface area contributed by atoms with Crippen LogP contribution in [-0.4, -0.2) is 29.0 Å². The molecular formula is C13H12N6O. The molecule has 1 amide bonds. The monoisotopic (exact) mass is 268 g/mol. The summed E-state index contributed by atoms with van der Waals surface area (Å²) in [6.45, 7) is 0.520. The van der Waals surface area contributed by atoms with Gasteiger partial charge < -0.3 is 5.32 Å². The molecule has 100 valence electrons. The van der Waals surface area contributed by atoms with Crippen LogP contribution < -0.4 is 5.32 Å². The van der Waals surface area contributed by atoms with E-state index in [1.165, 1.54) is 6.20 Å². The number of aromatic nitrogens is 2. The summed E-state index contributed by atoms with van der Waals surface area (Å²) in [7, 11) is 0. The van der Waals surface area contributed by atoms with Crippen LogP contribution in [0.25, 0.3) is 21.8 Å². The number of hydrogen-bond acceptors (Lipinski definition) is 4. The summed E-state index contributed by atoms with van der Waals surface area (Å²) >= 11 is 0. The Kier molecular flexibility index (Phi) is 4.64. The number of rotatable bonds is 5. The molecule has 2 aromatic rings. The molecule has 0 atom stereocenters. The van der Waals surface area contributed by atoms with Crippen molar-refractivity contribution in [3.63, 3.8) is 0 Å². The van der Waals surface area contributed by atoms with E-state index in [0.29, 0.717) is 17.8 Å². The Hall–Kier alpha value is -2.92.